The summed E-state index contributed by atoms with van der Waals surface area (Å²) >= 11 is 6.97. The summed E-state index contributed by atoms with van der Waals surface area (Å²) in [4.78, 5) is 4.42. The number of halogens is 2. The van der Waals surface area contributed by atoms with Crippen LogP contribution in [0.2, 0.25) is 0 Å². The zero-order chi connectivity index (χ0) is 12.4. The van der Waals surface area contributed by atoms with E-state index >= 15 is 0 Å². The molecule has 0 amide bonds. The molecular formula is C13H18Br2N2. The van der Waals surface area contributed by atoms with Gasteiger partial charge < -0.3 is 5.32 Å². The number of aromatic nitrogens is 1. The number of rotatable bonds is 2. The maximum absolute atomic E-state index is 4.42. The third-order valence-electron chi connectivity index (χ3n) is 3.33. The van der Waals surface area contributed by atoms with Crippen LogP contribution in [0, 0.1) is 11.8 Å². The minimum Gasteiger partial charge on any atom is -0.366 e. The standard InChI is InChI=1S/C13H18Br2N2/c1-8-3-9(2)5-11(4-8)17-13-12(15)6-10(14)7-16-13/h6-9,11H,3-5H2,1-2H3,(H,16,17). The van der Waals surface area contributed by atoms with Crippen molar-refractivity contribution in [1.82, 2.24) is 4.98 Å². The van der Waals surface area contributed by atoms with Crippen LogP contribution in [0.15, 0.2) is 21.2 Å². The molecule has 0 aliphatic heterocycles. The lowest BCUT2D eigenvalue weighted by Crippen LogP contribution is -2.30. The van der Waals surface area contributed by atoms with Gasteiger partial charge in [0, 0.05) is 16.7 Å². The summed E-state index contributed by atoms with van der Waals surface area (Å²) in [5.74, 6) is 2.58. The fraction of sp³-hybridized carbons (Fsp3) is 0.615. The van der Waals surface area contributed by atoms with Crippen molar-refractivity contribution in [2.45, 2.75) is 39.2 Å². The third kappa shape index (κ3) is 3.68. The van der Waals surface area contributed by atoms with Gasteiger partial charge in [-0.2, -0.15) is 0 Å². The number of pyridine rings is 1. The summed E-state index contributed by atoms with van der Waals surface area (Å²) in [6.07, 6.45) is 5.68. The Morgan fingerprint density at radius 3 is 2.41 bits per heavy atom. The molecule has 0 radical (unpaired) electrons. The molecule has 1 fully saturated rings. The van der Waals surface area contributed by atoms with Gasteiger partial charge in [0.1, 0.15) is 5.82 Å². The second-order valence-electron chi connectivity index (χ2n) is 5.24. The average molecular weight is 362 g/mol. The van der Waals surface area contributed by atoms with E-state index in [9.17, 15) is 0 Å². The molecule has 4 heteroatoms. The molecule has 1 aromatic heterocycles. The summed E-state index contributed by atoms with van der Waals surface area (Å²) in [6, 6.07) is 2.59. The zero-order valence-corrected chi connectivity index (χ0v) is 13.4. The van der Waals surface area contributed by atoms with Crippen LogP contribution in [-0.4, -0.2) is 11.0 Å². The van der Waals surface area contributed by atoms with Crippen molar-refractivity contribution in [1.29, 1.82) is 0 Å². The average Bonchev–Trinajstić information content (AvgIpc) is 2.21. The first-order valence-electron chi connectivity index (χ1n) is 6.12. The van der Waals surface area contributed by atoms with Crippen molar-refractivity contribution < 1.29 is 0 Å². The second kappa shape index (κ2) is 5.70. The summed E-state index contributed by atoms with van der Waals surface area (Å²) in [5, 5.41) is 3.56. The maximum Gasteiger partial charge on any atom is 0.140 e. The highest BCUT2D eigenvalue weighted by Gasteiger charge is 2.24. The first-order valence-corrected chi connectivity index (χ1v) is 7.70. The molecule has 1 aromatic rings. The van der Waals surface area contributed by atoms with Crippen LogP contribution < -0.4 is 5.32 Å². The third-order valence-corrected chi connectivity index (χ3v) is 4.37. The smallest absolute Gasteiger partial charge is 0.140 e. The molecule has 1 N–H and O–H groups in total. The number of hydrogen-bond acceptors (Lipinski definition) is 2. The van der Waals surface area contributed by atoms with Crippen molar-refractivity contribution >= 4 is 37.7 Å². The van der Waals surface area contributed by atoms with Crippen molar-refractivity contribution in [3.05, 3.63) is 21.2 Å². The van der Waals surface area contributed by atoms with Gasteiger partial charge in [0.15, 0.2) is 0 Å². The van der Waals surface area contributed by atoms with E-state index in [-0.39, 0.29) is 0 Å². The highest BCUT2D eigenvalue weighted by Crippen LogP contribution is 2.32. The molecular weight excluding hydrogens is 344 g/mol. The van der Waals surface area contributed by atoms with Crippen LogP contribution in [0.1, 0.15) is 33.1 Å². The molecule has 0 aromatic carbocycles. The van der Waals surface area contributed by atoms with Crippen LogP contribution in [0.25, 0.3) is 0 Å². The van der Waals surface area contributed by atoms with Crippen LogP contribution in [-0.2, 0) is 0 Å². The molecule has 2 atom stereocenters. The Hall–Kier alpha value is -0.0900. The number of anilines is 1. The highest BCUT2D eigenvalue weighted by atomic mass is 79.9. The van der Waals surface area contributed by atoms with E-state index in [4.69, 9.17) is 0 Å². The molecule has 94 valence electrons. The van der Waals surface area contributed by atoms with Crippen molar-refractivity contribution in [3.63, 3.8) is 0 Å². The van der Waals surface area contributed by atoms with Gasteiger partial charge in [-0.25, -0.2) is 4.98 Å². The monoisotopic (exact) mass is 360 g/mol. The van der Waals surface area contributed by atoms with E-state index in [2.05, 4.69) is 56.0 Å². The van der Waals surface area contributed by atoms with Gasteiger partial charge in [-0.05, 0) is 69.0 Å². The fourth-order valence-corrected chi connectivity index (χ4v) is 3.88. The summed E-state index contributed by atoms with van der Waals surface area (Å²) in [7, 11) is 0. The lowest BCUT2D eigenvalue weighted by Gasteiger charge is -2.32. The Balaban J connectivity index is 2.04. The summed E-state index contributed by atoms with van der Waals surface area (Å²) in [5.41, 5.74) is 0. The SMILES string of the molecule is CC1CC(C)CC(Nc2ncc(Br)cc2Br)C1. The van der Waals surface area contributed by atoms with Crippen LogP contribution in [0.5, 0.6) is 0 Å². The zero-order valence-electron chi connectivity index (χ0n) is 10.2. The molecule has 2 unspecified atom stereocenters. The summed E-state index contributed by atoms with van der Waals surface area (Å²) in [6.45, 7) is 4.68. The van der Waals surface area contributed by atoms with Gasteiger partial charge >= 0.3 is 0 Å². The molecule has 1 aliphatic rings. The van der Waals surface area contributed by atoms with Crippen molar-refractivity contribution in [3.8, 4) is 0 Å². The molecule has 0 bridgehead atoms. The Morgan fingerprint density at radius 1 is 1.18 bits per heavy atom. The molecule has 0 spiro atoms. The predicted molar refractivity (Wildman–Crippen MR) is 79.2 cm³/mol. The Morgan fingerprint density at radius 2 is 1.82 bits per heavy atom. The van der Waals surface area contributed by atoms with Gasteiger partial charge in [-0.1, -0.05) is 13.8 Å². The van der Waals surface area contributed by atoms with Crippen molar-refractivity contribution in [2.24, 2.45) is 11.8 Å². The molecule has 1 heterocycles. The molecule has 2 nitrogen and oxygen atoms in total. The molecule has 0 saturated heterocycles. The maximum atomic E-state index is 4.42. The van der Waals surface area contributed by atoms with Gasteiger partial charge in [-0.15, -0.1) is 0 Å². The lowest BCUT2D eigenvalue weighted by molar-refractivity contribution is 0.280. The van der Waals surface area contributed by atoms with Gasteiger partial charge in [0.2, 0.25) is 0 Å². The number of nitrogens with zero attached hydrogens (tertiary/aromatic N) is 1. The minimum absolute atomic E-state index is 0.554. The van der Waals surface area contributed by atoms with E-state index in [1.165, 1.54) is 19.3 Å². The van der Waals surface area contributed by atoms with Gasteiger partial charge in [0.05, 0.1) is 4.47 Å². The molecule has 1 aliphatic carbocycles. The van der Waals surface area contributed by atoms with E-state index in [0.717, 1.165) is 26.6 Å². The lowest BCUT2D eigenvalue weighted by atomic mass is 9.80. The van der Waals surface area contributed by atoms with Crippen molar-refractivity contribution in [2.75, 3.05) is 5.32 Å². The predicted octanol–water partition coefficient (Wildman–Crippen LogP) is 4.84. The topological polar surface area (TPSA) is 24.9 Å². The highest BCUT2D eigenvalue weighted by molar-refractivity contribution is 9.11. The van der Waals surface area contributed by atoms with Crippen LogP contribution >= 0.6 is 31.9 Å². The quantitative estimate of drug-likeness (QED) is 0.814. The van der Waals surface area contributed by atoms with Crippen LogP contribution in [0.4, 0.5) is 5.82 Å². The first-order chi connectivity index (χ1) is 8.04. The Labute approximate surface area is 120 Å². The minimum atomic E-state index is 0.554. The second-order valence-corrected chi connectivity index (χ2v) is 7.01. The largest absolute Gasteiger partial charge is 0.366 e. The normalized spacial score (nSPS) is 29.1. The van der Waals surface area contributed by atoms with Crippen LogP contribution in [0.3, 0.4) is 0 Å². The van der Waals surface area contributed by atoms with E-state index < -0.39 is 0 Å². The Kier molecular flexibility index (Phi) is 4.47. The van der Waals surface area contributed by atoms with E-state index in [0.29, 0.717) is 6.04 Å². The van der Waals surface area contributed by atoms with Gasteiger partial charge in [-0.3, -0.25) is 0 Å². The first kappa shape index (κ1) is 13.3. The van der Waals surface area contributed by atoms with E-state index in [1.54, 1.807) is 0 Å². The number of nitrogens with one attached hydrogen (secondary N) is 1. The molecule has 1 saturated carbocycles. The number of hydrogen-bond donors (Lipinski definition) is 1. The van der Waals surface area contributed by atoms with Gasteiger partial charge in [0.25, 0.3) is 0 Å². The molecule has 17 heavy (non-hydrogen) atoms. The summed E-state index contributed by atoms with van der Waals surface area (Å²) < 4.78 is 2.03. The Bertz CT molecular complexity index is 385. The van der Waals surface area contributed by atoms with E-state index in [1.807, 2.05) is 12.3 Å². The molecule has 2 rings (SSSR count). The fourth-order valence-electron chi connectivity index (χ4n) is 2.78.